The molecule has 2 rings (SSSR count). The summed E-state index contributed by atoms with van der Waals surface area (Å²) in [7, 11) is 0. The summed E-state index contributed by atoms with van der Waals surface area (Å²) in [6.45, 7) is 2.50. The van der Waals surface area contributed by atoms with Gasteiger partial charge in [-0.25, -0.2) is 4.39 Å². The normalized spacial score (nSPS) is 14.3. The minimum Gasteiger partial charge on any atom is -0.387 e. The average Bonchev–Trinajstić information content (AvgIpc) is 2.88. The number of benzene rings is 1. The maximum atomic E-state index is 13.0. The van der Waals surface area contributed by atoms with Crippen LogP contribution in [-0.2, 0) is 6.42 Å². The van der Waals surface area contributed by atoms with Gasteiger partial charge < -0.3 is 10.4 Å². The Bertz CT molecular complexity index is 501. The van der Waals surface area contributed by atoms with Crippen LogP contribution in [0, 0.1) is 5.82 Å². The van der Waals surface area contributed by atoms with Gasteiger partial charge in [-0.2, -0.15) is 11.3 Å². The molecule has 0 aliphatic carbocycles. The monoisotopic (exact) mass is 279 g/mol. The van der Waals surface area contributed by atoms with Crippen LogP contribution in [-0.4, -0.2) is 17.7 Å². The van der Waals surface area contributed by atoms with Gasteiger partial charge in [-0.3, -0.25) is 0 Å². The van der Waals surface area contributed by atoms with Gasteiger partial charge in [0.25, 0.3) is 0 Å². The van der Waals surface area contributed by atoms with Crippen molar-refractivity contribution in [2.75, 3.05) is 6.54 Å². The summed E-state index contributed by atoms with van der Waals surface area (Å²) in [4.78, 5) is 0. The minimum atomic E-state index is -0.680. The molecule has 2 N–H and O–H groups in total. The highest BCUT2D eigenvalue weighted by Gasteiger charge is 2.10. The zero-order valence-corrected chi connectivity index (χ0v) is 11.7. The average molecular weight is 279 g/mol. The van der Waals surface area contributed by atoms with Crippen LogP contribution in [0.25, 0.3) is 0 Å². The zero-order chi connectivity index (χ0) is 13.7. The Morgan fingerprint density at radius 1 is 1.37 bits per heavy atom. The van der Waals surface area contributed by atoms with E-state index in [-0.39, 0.29) is 11.9 Å². The summed E-state index contributed by atoms with van der Waals surface area (Å²) in [5.74, 6) is -0.317. The fourth-order valence-corrected chi connectivity index (χ4v) is 2.66. The topological polar surface area (TPSA) is 32.3 Å². The van der Waals surface area contributed by atoms with Gasteiger partial charge in [0.1, 0.15) is 5.82 Å². The van der Waals surface area contributed by atoms with E-state index < -0.39 is 6.10 Å². The van der Waals surface area contributed by atoms with E-state index in [1.54, 1.807) is 23.5 Å². The maximum Gasteiger partial charge on any atom is 0.123 e. The summed E-state index contributed by atoms with van der Waals surface area (Å²) < 4.78 is 13.0. The van der Waals surface area contributed by atoms with Gasteiger partial charge in [-0.1, -0.05) is 12.1 Å². The molecule has 1 heterocycles. The standard InChI is InChI=1S/C15H18FNOS/c1-11(7-12-5-6-19-10-12)17-9-15(18)13-3-2-4-14(16)8-13/h2-6,8,10-11,15,17-18H,7,9H2,1H3. The van der Waals surface area contributed by atoms with Crippen LogP contribution in [0.2, 0.25) is 0 Å². The van der Waals surface area contributed by atoms with Gasteiger partial charge in [0.15, 0.2) is 0 Å². The molecule has 4 heteroatoms. The smallest absolute Gasteiger partial charge is 0.123 e. The fraction of sp³-hybridized carbons (Fsp3) is 0.333. The largest absolute Gasteiger partial charge is 0.387 e. The molecular formula is C15H18FNOS. The molecule has 2 unspecified atom stereocenters. The molecule has 2 aromatic rings. The molecule has 1 aromatic heterocycles. The summed E-state index contributed by atoms with van der Waals surface area (Å²) >= 11 is 1.69. The third kappa shape index (κ3) is 4.42. The van der Waals surface area contributed by atoms with Crippen molar-refractivity contribution in [3.05, 3.63) is 58.0 Å². The summed E-state index contributed by atoms with van der Waals surface area (Å²) in [6, 6.07) is 8.48. The Kier molecular flexibility index (Phi) is 5.07. The van der Waals surface area contributed by atoms with Crippen molar-refractivity contribution in [1.82, 2.24) is 5.32 Å². The molecule has 2 atom stereocenters. The lowest BCUT2D eigenvalue weighted by Crippen LogP contribution is -2.31. The molecule has 0 aliphatic heterocycles. The number of halogens is 1. The van der Waals surface area contributed by atoms with Crippen LogP contribution in [0.1, 0.15) is 24.2 Å². The predicted octanol–water partition coefficient (Wildman–Crippen LogP) is 3.14. The highest BCUT2D eigenvalue weighted by atomic mass is 32.1. The lowest BCUT2D eigenvalue weighted by molar-refractivity contribution is 0.170. The number of hydrogen-bond acceptors (Lipinski definition) is 3. The van der Waals surface area contributed by atoms with Crippen LogP contribution in [0.3, 0.4) is 0 Å². The molecule has 0 saturated heterocycles. The molecule has 0 saturated carbocycles. The molecular weight excluding hydrogens is 261 g/mol. The van der Waals surface area contributed by atoms with Gasteiger partial charge in [0.2, 0.25) is 0 Å². The number of hydrogen-bond donors (Lipinski definition) is 2. The number of aliphatic hydroxyl groups excluding tert-OH is 1. The molecule has 0 bridgehead atoms. The van der Waals surface area contributed by atoms with E-state index in [1.807, 2.05) is 0 Å². The zero-order valence-electron chi connectivity index (χ0n) is 10.8. The van der Waals surface area contributed by atoms with E-state index >= 15 is 0 Å². The number of thiophene rings is 1. The van der Waals surface area contributed by atoms with Crippen molar-refractivity contribution in [2.24, 2.45) is 0 Å². The lowest BCUT2D eigenvalue weighted by Gasteiger charge is -2.17. The second-order valence-electron chi connectivity index (χ2n) is 4.72. The van der Waals surface area contributed by atoms with Crippen molar-refractivity contribution in [3.63, 3.8) is 0 Å². The first-order chi connectivity index (χ1) is 9.15. The Balaban J connectivity index is 1.81. The second-order valence-corrected chi connectivity index (χ2v) is 5.50. The molecule has 0 amide bonds. The molecule has 0 spiro atoms. The lowest BCUT2D eigenvalue weighted by atomic mass is 10.1. The van der Waals surface area contributed by atoms with Gasteiger partial charge in [0, 0.05) is 12.6 Å². The van der Waals surface area contributed by atoms with Gasteiger partial charge in [-0.05, 0) is 53.4 Å². The van der Waals surface area contributed by atoms with E-state index in [1.165, 1.54) is 17.7 Å². The summed E-state index contributed by atoms with van der Waals surface area (Å²) in [5, 5.41) is 17.4. The Morgan fingerprint density at radius 3 is 2.89 bits per heavy atom. The molecule has 102 valence electrons. The van der Waals surface area contributed by atoms with Crippen LogP contribution < -0.4 is 5.32 Å². The Labute approximate surface area is 116 Å². The van der Waals surface area contributed by atoms with E-state index in [9.17, 15) is 9.50 Å². The summed E-state index contributed by atoms with van der Waals surface area (Å²) in [5.41, 5.74) is 1.90. The highest BCUT2D eigenvalue weighted by molar-refractivity contribution is 7.07. The van der Waals surface area contributed by atoms with E-state index in [2.05, 4.69) is 29.1 Å². The fourth-order valence-electron chi connectivity index (χ4n) is 1.98. The van der Waals surface area contributed by atoms with Crippen molar-refractivity contribution >= 4 is 11.3 Å². The van der Waals surface area contributed by atoms with Crippen LogP contribution in [0.15, 0.2) is 41.1 Å². The van der Waals surface area contributed by atoms with E-state index in [4.69, 9.17) is 0 Å². The predicted molar refractivity (Wildman–Crippen MR) is 76.8 cm³/mol. The molecule has 2 nitrogen and oxygen atoms in total. The molecule has 0 radical (unpaired) electrons. The van der Waals surface area contributed by atoms with Crippen molar-refractivity contribution in [3.8, 4) is 0 Å². The number of aliphatic hydroxyl groups is 1. The molecule has 1 aromatic carbocycles. The van der Waals surface area contributed by atoms with Gasteiger partial charge in [-0.15, -0.1) is 0 Å². The van der Waals surface area contributed by atoms with Crippen LogP contribution in [0.5, 0.6) is 0 Å². The third-order valence-corrected chi connectivity index (χ3v) is 3.75. The van der Waals surface area contributed by atoms with Gasteiger partial charge in [0.05, 0.1) is 6.10 Å². The summed E-state index contributed by atoms with van der Waals surface area (Å²) in [6.07, 6.45) is 0.250. The Morgan fingerprint density at radius 2 is 2.21 bits per heavy atom. The molecule has 0 fully saturated rings. The van der Waals surface area contributed by atoms with E-state index in [0.29, 0.717) is 12.1 Å². The van der Waals surface area contributed by atoms with Crippen molar-refractivity contribution in [2.45, 2.75) is 25.5 Å². The Hall–Kier alpha value is -1.23. The first kappa shape index (κ1) is 14.2. The van der Waals surface area contributed by atoms with E-state index in [0.717, 1.165) is 6.42 Å². The van der Waals surface area contributed by atoms with Crippen LogP contribution >= 0.6 is 11.3 Å². The molecule has 19 heavy (non-hydrogen) atoms. The quantitative estimate of drug-likeness (QED) is 0.851. The second kappa shape index (κ2) is 6.80. The number of rotatable bonds is 6. The molecule has 0 aliphatic rings. The first-order valence-electron chi connectivity index (χ1n) is 6.33. The minimum absolute atomic E-state index is 0.276. The van der Waals surface area contributed by atoms with Crippen molar-refractivity contribution < 1.29 is 9.50 Å². The third-order valence-electron chi connectivity index (χ3n) is 3.02. The first-order valence-corrected chi connectivity index (χ1v) is 7.27. The van der Waals surface area contributed by atoms with Crippen LogP contribution in [0.4, 0.5) is 4.39 Å². The maximum absolute atomic E-state index is 13.0. The number of nitrogens with one attached hydrogen (secondary N) is 1. The SMILES string of the molecule is CC(Cc1ccsc1)NCC(O)c1cccc(F)c1. The highest BCUT2D eigenvalue weighted by Crippen LogP contribution is 2.14. The van der Waals surface area contributed by atoms with Gasteiger partial charge >= 0.3 is 0 Å². The van der Waals surface area contributed by atoms with Crippen molar-refractivity contribution in [1.29, 1.82) is 0 Å².